The smallest absolute Gasteiger partial charge is 0.339 e. The molecule has 0 unspecified atom stereocenters. The normalized spacial score (nSPS) is 21.2. The van der Waals surface area contributed by atoms with Crippen LogP contribution < -0.4 is 5.32 Å². The molecule has 1 aliphatic rings. The van der Waals surface area contributed by atoms with Crippen molar-refractivity contribution in [2.45, 2.75) is 37.4 Å². The number of nitrogens with zero attached hydrogens (tertiary/aromatic N) is 2. The molecule has 33 heavy (non-hydrogen) atoms. The molecule has 0 amide bonds. The molecule has 1 aliphatic heterocycles. The molecule has 0 aromatic heterocycles. The summed E-state index contributed by atoms with van der Waals surface area (Å²) < 4.78 is 10.4. The second kappa shape index (κ2) is 9.74. The number of nitro groups is 2. The molecule has 3 rings (SSSR count). The molecular weight excluding hydrogens is 434 g/mol. The standard InChI is InChI=1S/C22H23N3O8/c1-3-32-20(26)22(21(27)33-4-2)17(14-10-12-16(13-11-14)24(28)29)19(25(30)31)18(23-22)15-8-6-5-7-9-15/h5-13,17-19,23H,3-4H2,1-2H3/t17-,18+,19-/m0/s1. The maximum Gasteiger partial charge on any atom is 0.339 e. The fourth-order valence-corrected chi connectivity index (χ4v) is 4.25. The molecule has 2 aromatic carbocycles. The third-order valence-electron chi connectivity index (χ3n) is 5.59. The molecule has 2 aromatic rings. The summed E-state index contributed by atoms with van der Waals surface area (Å²) in [4.78, 5) is 48.8. The van der Waals surface area contributed by atoms with Gasteiger partial charge in [-0.1, -0.05) is 42.5 Å². The molecule has 1 fully saturated rings. The van der Waals surface area contributed by atoms with Gasteiger partial charge in [0.05, 0.1) is 24.1 Å². The van der Waals surface area contributed by atoms with Crippen LogP contribution in [-0.4, -0.2) is 46.6 Å². The van der Waals surface area contributed by atoms with Crippen molar-refractivity contribution in [3.63, 3.8) is 0 Å². The minimum atomic E-state index is -2.24. The first-order chi connectivity index (χ1) is 15.8. The topological polar surface area (TPSA) is 151 Å². The molecule has 3 atom stereocenters. The van der Waals surface area contributed by atoms with E-state index in [2.05, 4.69) is 5.32 Å². The summed E-state index contributed by atoms with van der Waals surface area (Å²) in [6, 6.07) is 10.8. The van der Waals surface area contributed by atoms with Gasteiger partial charge in [0.2, 0.25) is 11.6 Å². The molecule has 0 aliphatic carbocycles. The van der Waals surface area contributed by atoms with Crippen LogP contribution in [0.4, 0.5) is 5.69 Å². The Hall–Kier alpha value is -3.86. The van der Waals surface area contributed by atoms with Crippen molar-refractivity contribution in [3.8, 4) is 0 Å². The van der Waals surface area contributed by atoms with Crippen LogP contribution in [0.1, 0.15) is 36.9 Å². The molecular formula is C22H23N3O8. The van der Waals surface area contributed by atoms with Gasteiger partial charge in [0, 0.05) is 17.1 Å². The van der Waals surface area contributed by atoms with E-state index < -0.39 is 45.3 Å². The zero-order valence-corrected chi connectivity index (χ0v) is 18.0. The van der Waals surface area contributed by atoms with Crippen molar-refractivity contribution >= 4 is 17.6 Å². The predicted molar refractivity (Wildman–Crippen MR) is 115 cm³/mol. The number of carbonyl (C=O) groups excluding carboxylic acids is 2. The highest BCUT2D eigenvalue weighted by Gasteiger charge is 2.69. The number of nitro benzene ring substituents is 1. The maximum absolute atomic E-state index is 13.3. The molecule has 1 saturated heterocycles. The Labute approximate surface area is 189 Å². The minimum absolute atomic E-state index is 0.0756. The number of benzene rings is 2. The van der Waals surface area contributed by atoms with Crippen molar-refractivity contribution < 1.29 is 28.9 Å². The van der Waals surface area contributed by atoms with Crippen LogP contribution in [0.15, 0.2) is 54.6 Å². The van der Waals surface area contributed by atoms with Gasteiger partial charge in [-0.05, 0) is 25.0 Å². The highest BCUT2D eigenvalue weighted by Crippen LogP contribution is 2.47. The average Bonchev–Trinajstić information content (AvgIpc) is 3.18. The van der Waals surface area contributed by atoms with E-state index in [4.69, 9.17) is 9.47 Å². The van der Waals surface area contributed by atoms with Crippen LogP contribution >= 0.6 is 0 Å². The Morgan fingerprint density at radius 1 is 0.909 bits per heavy atom. The van der Waals surface area contributed by atoms with E-state index in [1.807, 2.05) is 0 Å². The average molecular weight is 457 g/mol. The van der Waals surface area contributed by atoms with Gasteiger partial charge in [-0.3, -0.25) is 25.5 Å². The van der Waals surface area contributed by atoms with Crippen LogP contribution in [0.3, 0.4) is 0 Å². The summed E-state index contributed by atoms with van der Waals surface area (Å²) in [5.74, 6) is -3.40. The fourth-order valence-electron chi connectivity index (χ4n) is 4.25. The lowest BCUT2D eigenvalue weighted by atomic mass is 9.77. The fraction of sp³-hybridized carbons (Fsp3) is 0.364. The van der Waals surface area contributed by atoms with E-state index in [9.17, 15) is 29.8 Å². The first kappa shape index (κ1) is 23.8. The Morgan fingerprint density at radius 3 is 1.91 bits per heavy atom. The van der Waals surface area contributed by atoms with E-state index in [0.717, 1.165) is 0 Å². The van der Waals surface area contributed by atoms with E-state index in [-0.39, 0.29) is 24.5 Å². The van der Waals surface area contributed by atoms with Gasteiger partial charge < -0.3 is 9.47 Å². The molecule has 11 nitrogen and oxygen atoms in total. The zero-order valence-electron chi connectivity index (χ0n) is 18.0. The maximum atomic E-state index is 13.3. The van der Waals surface area contributed by atoms with Gasteiger partial charge in [-0.2, -0.15) is 0 Å². The van der Waals surface area contributed by atoms with Crippen LogP contribution in [0.5, 0.6) is 0 Å². The van der Waals surface area contributed by atoms with Crippen molar-refractivity contribution in [1.82, 2.24) is 5.32 Å². The first-order valence-corrected chi connectivity index (χ1v) is 10.3. The van der Waals surface area contributed by atoms with Gasteiger partial charge in [-0.25, -0.2) is 9.59 Å². The summed E-state index contributed by atoms with van der Waals surface area (Å²) in [6.45, 7) is 2.94. The second-order valence-corrected chi connectivity index (χ2v) is 7.38. The minimum Gasteiger partial charge on any atom is -0.464 e. The Kier molecular flexibility index (Phi) is 7.02. The van der Waals surface area contributed by atoms with Gasteiger partial charge in [0.25, 0.3) is 5.69 Å². The van der Waals surface area contributed by atoms with Crippen molar-refractivity contribution in [1.29, 1.82) is 0 Å². The van der Waals surface area contributed by atoms with Crippen molar-refractivity contribution in [2.75, 3.05) is 13.2 Å². The van der Waals surface area contributed by atoms with E-state index in [0.29, 0.717) is 5.56 Å². The molecule has 1 N–H and O–H groups in total. The Balaban J connectivity index is 2.28. The van der Waals surface area contributed by atoms with Crippen LogP contribution in [-0.2, 0) is 19.1 Å². The Morgan fingerprint density at radius 2 is 1.45 bits per heavy atom. The summed E-state index contributed by atoms with van der Waals surface area (Å²) in [5.41, 5.74) is -1.80. The summed E-state index contributed by atoms with van der Waals surface area (Å²) in [6.07, 6.45) is 0. The number of rotatable bonds is 8. The number of ether oxygens (including phenoxy) is 2. The van der Waals surface area contributed by atoms with E-state index >= 15 is 0 Å². The highest BCUT2D eigenvalue weighted by molar-refractivity contribution is 6.07. The lowest BCUT2D eigenvalue weighted by Crippen LogP contribution is -2.60. The summed E-state index contributed by atoms with van der Waals surface area (Å²) in [7, 11) is 0. The summed E-state index contributed by atoms with van der Waals surface area (Å²) >= 11 is 0. The largest absolute Gasteiger partial charge is 0.464 e. The SMILES string of the molecule is CCOC(=O)C1(C(=O)OCC)N[C@H](c2ccccc2)[C@@H]([N+](=O)[O-])[C@@H]1c1ccc([N+](=O)[O-])cc1. The molecule has 174 valence electrons. The number of esters is 2. The van der Waals surface area contributed by atoms with Crippen LogP contribution in [0, 0.1) is 20.2 Å². The summed E-state index contributed by atoms with van der Waals surface area (Å²) in [5, 5.41) is 26.3. The van der Waals surface area contributed by atoms with Gasteiger partial charge >= 0.3 is 11.9 Å². The lowest BCUT2D eigenvalue weighted by molar-refractivity contribution is -0.527. The van der Waals surface area contributed by atoms with Crippen molar-refractivity contribution in [2.24, 2.45) is 0 Å². The highest BCUT2D eigenvalue weighted by atomic mass is 16.6. The Bertz CT molecular complexity index is 1020. The van der Waals surface area contributed by atoms with Gasteiger partial charge in [0.15, 0.2) is 0 Å². The van der Waals surface area contributed by atoms with Crippen LogP contribution in [0.25, 0.3) is 0 Å². The van der Waals surface area contributed by atoms with Crippen LogP contribution in [0.2, 0.25) is 0 Å². The third kappa shape index (κ3) is 4.27. The number of nitrogens with one attached hydrogen (secondary N) is 1. The number of carbonyl (C=O) groups is 2. The zero-order chi connectivity index (χ0) is 24.2. The first-order valence-electron chi connectivity index (χ1n) is 10.3. The van der Waals surface area contributed by atoms with Crippen molar-refractivity contribution in [3.05, 3.63) is 86.0 Å². The molecule has 0 saturated carbocycles. The third-order valence-corrected chi connectivity index (χ3v) is 5.59. The number of non-ortho nitro benzene ring substituents is 1. The van der Waals surface area contributed by atoms with E-state index in [1.54, 1.807) is 44.2 Å². The molecule has 0 spiro atoms. The van der Waals surface area contributed by atoms with Gasteiger partial charge in [-0.15, -0.1) is 0 Å². The van der Waals surface area contributed by atoms with E-state index in [1.165, 1.54) is 24.3 Å². The molecule has 11 heteroatoms. The lowest BCUT2D eigenvalue weighted by Gasteiger charge is -2.30. The quantitative estimate of drug-likeness (QED) is 0.273. The van der Waals surface area contributed by atoms with Gasteiger partial charge in [0.1, 0.15) is 6.04 Å². The number of hydrogen-bond donors (Lipinski definition) is 1. The molecule has 1 heterocycles. The second-order valence-electron chi connectivity index (χ2n) is 7.38. The monoisotopic (exact) mass is 457 g/mol. The molecule has 0 radical (unpaired) electrons. The molecule has 0 bridgehead atoms. The predicted octanol–water partition coefficient (Wildman–Crippen LogP) is 2.53. The number of hydrogen-bond acceptors (Lipinski definition) is 9.